The molecule has 6 aromatic rings. The molecule has 38 heavy (non-hydrogen) atoms. The third-order valence-corrected chi connectivity index (χ3v) is 8.07. The number of fused-ring (bicyclic) bond motifs is 2. The Kier molecular flexibility index (Phi) is 5.22. The maximum atomic E-state index is 14.5. The van der Waals surface area contributed by atoms with Gasteiger partial charge in [0.1, 0.15) is 28.4 Å². The highest BCUT2D eigenvalue weighted by molar-refractivity contribution is 7.92. The highest BCUT2D eigenvalue weighted by Gasteiger charge is 2.27. The van der Waals surface area contributed by atoms with Crippen LogP contribution in [0.5, 0.6) is 0 Å². The number of H-pyrrole nitrogens is 2. The zero-order valence-corrected chi connectivity index (χ0v) is 21.5. The van der Waals surface area contributed by atoms with Crippen molar-refractivity contribution in [3.63, 3.8) is 0 Å². The molecule has 11 nitrogen and oxygen atoms in total. The monoisotopic (exact) mass is 551 g/mol. The van der Waals surface area contributed by atoms with Crippen molar-refractivity contribution in [2.75, 3.05) is 12.5 Å². The second-order valence-corrected chi connectivity index (χ2v) is 12.4. The van der Waals surface area contributed by atoms with Gasteiger partial charge in [0.05, 0.1) is 29.4 Å². The number of halogens is 1. The van der Waals surface area contributed by atoms with E-state index in [2.05, 4.69) is 30.1 Å². The normalized spacial score (nSPS) is 12.5. The predicted molar refractivity (Wildman–Crippen MR) is 139 cm³/mol. The van der Waals surface area contributed by atoms with E-state index < -0.39 is 25.0 Å². The number of hydrogen-bond donors (Lipinski definition) is 2. The summed E-state index contributed by atoms with van der Waals surface area (Å²) >= 11 is 0. The Morgan fingerprint density at radius 3 is 2.47 bits per heavy atom. The van der Waals surface area contributed by atoms with Crippen LogP contribution in [-0.4, -0.2) is 63.5 Å². The smallest absolute Gasteiger partial charge is 0.241 e. The van der Waals surface area contributed by atoms with E-state index in [9.17, 15) is 21.2 Å². The first-order chi connectivity index (χ1) is 18.0. The average molecular weight is 552 g/mol. The molecule has 0 spiro atoms. The Morgan fingerprint density at radius 1 is 0.947 bits per heavy atom. The molecular formula is C24H18FN7O4S2. The van der Waals surface area contributed by atoms with E-state index in [0.717, 1.165) is 18.7 Å². The Labute approximate surface area is 215 Å². The van der Waals surface area contributed by atoms with E-state index >= 15 is 0 Å². The predicted octanol–water partition coefficient (Wildman–Crippen LogP) is 3.38. The number of pyridine rings is 2. The number of rotatable bonds is 5. The zero-order valence-electron chi connectivity index (χ0n) is 19.8. The van der Waals surface area contributed by atoms with Crippen LogP contribution >= 0.6 is 0 Å². The lowest BCUT2D eigenvalue weighted by Gasteiger charge is -2.08. The number of hydrogen-bond acceptors (Lipinski definition) is 8. The molecule has 0 saturated carbocycles. The van der Waals surface area contributed by atoms with E-state index in [1.165, 1.54) is 12.1 Å². The van der Waals surface area contributed by atoms with Crippen LogP contribution in [0.2, 0.25) is 0 Å². The van der Waals surface area contributed by atoms with Crippen molar-refractivity contribution < 1.29 is 21.2 Å². The number of nitrogens with zero attached hydrogens (tertiary/aromatic N) is 5. The van der Waals surface area contributed by atoms with E-state index in [1.54, 1.807) is 42.6 Å². The molecule has 2 N–H and O–H groups in total. The van der Waals surface area contributed by atoms with Crippen molar-refractivity contribution in [2.24, 2.45) is 0 Å². The zero-order chi connectivity index (χ0) is 26.8. The molecule has 0 fully saturated rings. The first-order valence-electron chi connectivity index (χ1n) is 11.1. The molecule has 0 aliphatic rings. The summed E-state index contributed by atoms with van der Waals surface area (Å²) in [7, 11) is -7.98. The molecular weight excluding hydrogens is 533 g/mol. The van der Waals surface area contributed by atoms with Crippen molar-refractivity contribution in [1.29, 1.82) is 0 Å². The second-order valence-electron chi connectivity index (χ2n) is 8.67. The lowest BCUT2D eigenvalue weighted by Crippen LogP contribution is -2.18. The van der Waals surface area contributed by atoms with Crippen LogP contribution in [0.4, 0.5) is 4.39 Å². The molecule has 0 atom stereocenters. The molecule has 192 valence electrons. The SMILES string of the molecule is CS(=O)(=O)c1ncc(-c2ccc3[nH]nc(-c4cc5c(-c6ccccc6F)ccnc5[nH]4)c3n2)n1S(C)(=O)=O. The number of aromatic nitrogens is 7. The second kappa shape index (κ2) is 8.29. The van der Waals surface area contributed by atoms with E-state index in [4.69, 9.17) is 0 Å². The molecule has 5 aromatic heterocycles. The summed E-state index contributed by atoms with van der Waals surface area (Å²) in [6.45, 7) is 0. The lowest BCUT2D eigenvalue weighted by molar-refractivity contribution is 0.574. The molecule has 14 heteroatoms. The molecule has 6 rings (SSSR count). The summed E-state index contributed by atoms with van der Waals surface area (Å²) in [5.74, 6) is -0.366. The molecule has 0 saturated heterocycles. The van der Waals surface area contributed by atoms with Gasteiger partial charge in [0.2, 0.25) is 25.0 Å². The van der Waals surface area contributed by atoms with Gasteiger partial charge < -0.3 is 4.98 Å². The Hall–Kier alpha value is -4.43. The number of aromatic amines is 2. The molecule has 1 aromatic carbocycles. The Balaban J connectivity index is 1.53. The van der Waals surface area contributed by atoms with Gasteiger partial charge in [-0.25, -0.2) is 40.2 Å². The Morgan fingerprint density at radius 2 is 1.74 bits per heavy atom. The fraction of sp³-hybridized carbons (Fsp3) is 0.0833. The Bertz CT molecular complexity index is 2110. The van der Waals surface area contributed by atoms with E-state index in [-0.39, 0.29) is 17.2 Å². The number of benzene rings is 1. The third kappa shape index (κ3) is 3.85. The van der Waals surface area contributed by atoms with Gasteiger partial charge in [-0.2, -0.15) is 5.10 Å². The lowest BCUT2D eigenvalue weighted by atomic mass is 10.0. The molecule has 0 amide bonds. The van der Waals surface area contributed by atoms with Crippen molar-refractivity contribution >= 4 is 41.9 Å². The minimum Gasteiger partial charge on any atom is -0.338 e. The van der Waals surface area contributed by atoms with Gasteiger partial charge in [0.25, 0.3) is 0 Å². The molecule has 0 unspecified atom stereocenters. The summed E-state index contributed by atoms with van der Waals surface area (Å²) in [4.78, 5) is 16.0. The third-order valence-electron chi connectivity index (χ3n) is 5.97. The largest absolute Gasteiger partial charge is 0.338 e. The van der Waals surface area contributed by atoms with Gasteiger partial charge in [-0.3, -0.25) is 5.10 Å². The van der Waals surface area contributed by atoms with Gasteiger partial charge in [-0.05, 0) is 35.9 Å². The van der Waals surface area contributed by atoms with Crippen LogP contribution in [0.25, 0.3) is 56.0 Å². The van der Waals surface area contributed by atoms with Crippen LogP contribution in [0.3, 0.4) is 0 Å². The minimum atomic E-state index is -4.04. The summed E-state index contributed by atoms with van der Waals surface area (Å²) in [6, 6.07) is 13.1. The fourth-order valence-electron chi connectivity index (χ4n) is 4.36. The standard InChI is InChI=1S/C24H18FN7O4S2/c1-37(33,34)24-27-12-20(32(24)38(2,35)36)17-7-8-18-21(28-17)22(31-30-18)19-11-15-13(9-10-26-23(15)29-19)14-5-3-4-6-16(14)25/h3-12H,1-2H3,(H,26,29)(H,30,31). The van der Waals surface area contributed by atoms with Gasteiger partial charge in [0, 0.05) is 23.4 Å². The van der Waals surface area contributed by atoms with E-state index in [1.807, 2.05) is 0 Å². The van der Waals surface area contributed by atoms with Crippen molar-refractivity contribution in [3.05, 3.63) is 66.7 Å². The van der Waals surface area contributed by atoms with Gasteiger partial charge in [-0.1, -0.05) is 18.2 Å². The number of imidazole rings is 1. The molecule has 5 heterocycles. The molecule has 0 aliphatic carbocycles. The molecule has 0 aliphatic heterocycles. The van der Waals surface area contributed by atoms with Crippen LogP contribution in [0.1, 0.15) is 0 Å². The highest BCUT2D eigenvalue weighted by atomic mass is 32.2. The maximum absolute atomic E-state index is 14.5. The minimum absolute atomic E-state index is 0.0119. The van der Waals surface area contributed by atoms with E-state index in [0.29, 0.717) is 48.6 Å². The van der Waals surface area contributed by atoms with Crippen molar-refractivity contribution in [1.82, 2.24) is 34.1 Å². The maximum Gasteiger partial charge on any atom is 0.241 e. The first kappa shape index (κ1) is 23.9. The van der Waals surface area contributed by atoms with Gasteiger partial charge in [-0.15, -0.1) is 0 Å². The number of sulfone groups is 1. The van der Waals surface area contributed by atoms with Crippen LogP contribution in [-0.2, 0) is 19.9 Å². The highest BCUT2D eigenvalue weighted by Crippen LogP contribution is 2.34. The average Bonchev–Trinajstić information content (AvgIpc) is 3.59. The molecule has 0 bridgehead atoms. The van der Waals surface area contributed by atoms with Gasteiger partial charge in [0.15, 0.2) is 0 Å². The quantitative estimate of drug-likeness (QED) is 0.330. The van der Waals surface area contributed by atoms with Gasteiger partial charge >= 0.3 is 0 Å². The number of nitrogens with one attached hydrogen (secondary N) is 2. The van der Waals surface area contributed by atoms with Crippen molar-refractivity contribution in [3.8, 4) is 33.9 Å². The summed E-state index contributed by atoms with van der Waals surface area (Å²) in [5.41, 5.74) is 3.65. The van der Waals surface area contributed by atoms with Crippen LogP contribution in [0.15, 0.2) is 66.1 Å². The van der Waals surface area contributed by atoms with Crippen molar-refractivity contribution in [2.45, 2.75) is 5.16 Å². The van der Waals surface area contributed by atoms with Crippen LogP contribution in [0, 0.1) is 5.82 Å². The summed E-state index contributed by atoms with van der Waals surface area (Å²) in [5, 5.41) is 7.33. The first-order valence-corrected chi connectivity index (χ1v) is 14.8. The summed E-state index contributed by atoms with van der Waals surface area (Å²) in [6.07, 6.45) is 4.50. The molecule has 0 radical (unpaired) electrons. The summed E-state index contributed by atoms with van der Waals surface area (Å²) < 4.78 is 64.6. The van der Waals surface area contributed by atoms with Crippen LogP contribution < -0.4 is 0 Å². The fourth-order valence-corrected chi connectivity index (χ4v) is 6.64. The topological polar surface area (TPSA) is 156 Å².